The molecule has 1 aliphatic rings. The predicted octanol–water partition coefficient (Wildman–Crippen LogP) is 2.23. The van der Waals surface area contributed by atoms with Gasteiger partial charge in [-0.3, -0.25) is 9.67 Å². The van der Waals surface area contributed by atoms with Crippen LogP contribution in [0, 0.1) is 0 Å². The van der Waals surface area contributed by atoms with Crippen LogP contribution in [-0.4, -0.2) is 50.3 Å². The Kier molecular flexibility index (Phi) is 5.41. The number of aromatic nitrogens is 4. The number of nitrogens with one attached hydrogen (secondary N) is 1. The third kappa shape index (κ3) is 4.08. The van der Waals surface area contributed by atoms with Gasteiger partial charge in [-0.25, -0.2) is 4.98 Å². The van der Waals surface area contributed by atoms with Gasteiger partial charge in [-0.2, -0.15) is 5.10 Å². The monoisotopic (exact) mass is 377 g/mol. The highest BCUT2D eigenvalue weighted by Crippen LogP contribution is 2.26. The van der Waals surface area contributed by atoms with E-state index in [9.17, 15) is 0 Å². The van der Waals surface area contributed by atoms with Crippen LogP contribution in [0.2, 0.25) is 0 Å². The molecule has 1 unspecified atom stereocenters. The van der Waals surface area contributed by atoms with Gasteiger partial charge >= 0.3 is 0 Å². The van der Waals surface area contributed by atoms with E-state index in [-0.39, 0.29) is 0 Å². The molecule has 0 radical (unpaired) electrons. The molecule has 0 amide bonds. The lowest BCUT2D eigenvalue weighted by atomic mass is 10.0. The maximum Gasteiger partial charge on any atom is 0.194 e. The molecule has 28 heavy (non-hydrogen) atoms. The minimum Gasteiger partial charge on any atom is -0.349 e. The Bertz CT molecular complexity index is 925. The molecule has 0 aliphatic carbocycles. The number of likely N-dealkylation sites (tertiary alicyclic amines) is 1. The molecule has 3 heterocycles. The molecule has 1 N–H and O–H groups in total. The number of aliphatic imine (C=N–C) groups is 1. The summed E-state index contributed by atoms with van der Waals surface area (Å²) in [7, 11) is 3.81. The molecule has 1 fully saturated rings. The molecule has 2 aromatic heterocycles. The molecular weight excluding hydrogens is 350 g/mol. The van der Waals surface area contributed by atoms with Crippen molar-refractivity contribution in [3.8, 4) is 0 Å². The van der Waals surface area contributed by atoms with Gasteiger partial charge in [0.1, 0.15) is 5.82 Å². The number of aryl methyl sites for hydroxylation is 1. The van der Waals surface area contributed by atoms with Crippen LogP contribution < -0.4 is 5.32 Å². The van der Waals surface area contributed by atoms with Crippen LogP contribution >= 0.6 is 0 Å². The zero-order valence-corrected chi connectivity index (χ0v) is 16.5. The number of hydrogen-bond acceptors (Lipinski definition) is 3. The first kappa shape index (κ1) is 18.3. The van der Waals surface area contributed by atoms with Crippen LogP contribution in [0.1, 0.15) is 29.3 Å². The third-order valence-corrected chi connectivity index (χ3v) is 5.30. The molecule has 4 rings (SSSR count). The van der Waals surface area contributed by atoms with Crippen molar-refractivity contribution in [1.29, 1.82) is 0 Å². The van der Waals surface area contributed by atoms with E-state index in [1.807, 2.05) is 43.4 Å². The molecule has 1 saturated heterocycles. The number of imidazole rings is 1. The normalized spacial score (nSPS) is 17.3. The number of benzene rings is 1. The van der Waals surface area contributed by atoms with Gasteiger partial charge in [0.25, 0.3) is 0 Å². The summed E-state index contributed by atoms with van der Waals surface area (Å²) in [6.07, 6.45) is 9.10. The summed E-state index contributed by atoms with van der Waals surface area (Å²) < 4.78 is 4.05. The minimum atomic E-state index is 0.507. The van der Waals surface area contributed by atoms with Gasteiger partial charge in [0.2, 0.25) is 0 Å². The Balaban J connectivity index is 1.36. The molecule has 1 aromatic carbocycles. The molecule has 0 saturated carbocycles. The summed E-state index contributed by atoms with van der Waals surface area (Å²) in [5, 5.41) is 7.80. The Morgan fingerprint density at radius 3 is 2.89 bits per heavy atom. The number of rotatable bonds is 5. The molecule has 146 valence electrons. The highest BCUT2D eigenvalue weighted by Gasteiger charge is 2.27. The van der Waals surface area contributed by atoms with Crippen LogP contribution in [0.25, 0.3) is 0 Å². The van der Waals surface area contributed by atoms with E-state index in [4.69, 9.17) is 0 Å². The summed E-state index contributed by atoms with van der Waals surface area (Å²) in [5.41, 5.74) is 2.57. The van der Waals surface area contributed by atoms with E-state index in [2.05, 4.69) is 60.3 Å². The average Bonchev–Trinajstić information content (AvgIpc) is 3.45. The van der Waals surface area contributed by atoms with Crippen LogP contribution in [0.15, 0.2) is 60.1 Å². The predicted molar refractivity (Wildman–Crippen MR) is 110 cm³/mol. The van der Waals surface area contributed by atoms with Crippen molar-refractivity contribution < 1.29 is 0 Å². The van der Waals surface area contributed by atoms with Gasteiger partial charge in [-0.15, -0.1) is 0 Å². The summed E-state index contributed by atoms with van der Waals surface area (Å²) in [6.45, 7) is 3.44. The molecule has 1 aliphatic heterocycles. The molecule has 7 nitrogen and oxygen atoms in total. The molecule has 1 atom stereocenters. The second-order valence-electron chi connectivity index (χ2n) is 7.24. The van der Waals surface area contributed by atoms with Crippen molar-refractivity contribution in [3.05, 3.63) is 72.1 Å². The second kappa shape index (κ2) is 8.29. The van der Waals surface area contributed by atoms with Crippen molar-refractivity contribution in [2.75, 3.05) is 20.1 Å². The minimum absolute atomic E-state index is 0.507. The van der Waals surface area contributed by atoms with Crippen molar-refractivity contribution >= 4 is 5.96 Å². The SMILES string of the molecule is CN=C(NCc1nccn1Cc1ccccc1)N1CCC(c2cnn(C)c2)C1. The highest BCUT2D eigenvalue weighted by molar-refractivity contribution is 5.80. The van der Waals surface area contributed by atoms with Crippen LogP contribution in [0.4, 0.5) is 0 Å². The van der Waals surface area contributed by atoms with Gasteiger partial charge in [-0.1, -0.05) is 30.3 Å². The van der Waals surface area contributed by atoms with Crippen molar-refractivity contribution in [3.63, 3.8) is 0 Å². The molecular formula is C21H27N7. The van der Waals surface area contributed by atoms with Crippen LogP contribution in [-0.2, 0) is 20.1 Å². The first-order valence-corrected chi connectivity index (χ1v) is 9.71. The van der Waals surface area contributed by atoms with Gasteiger partial charge in [-0.05, 0) is 17.5 Å². The Morgan fingerprint density at radius 1 is 1.29 bits per heavy atom. The zero-order chi connectivity index (χ0) is 19.3. The molecule has 0 spiro atoms. The Morgan fingerprint density at radius 2 is 2.14 bits per heavy atom. The number of guanidine groups is 1. The van der Waals surface area contributed by atoms with Crippen molar-refractivity contribution in [1.82, 2.24) is 29.5 Å². The number of nitrogens with zero attached hydrogens (tertiary/aromatic N) is 6. The quantitative estimate of drug-likeness (QED) is 0.547. The smallest absolute Gasteiger partial charge is 0.194 e. The number of hydrogen-bond donors (Lipinski definition) is 1. The van der Waals surface area contributed by atoms with Gasteiger partial charge in [0.05, 0.1) is 12.7 Å². The Hall–Kier alpha value is -3.09. The molecule has 0 bridgehead atoms. The molecule has 7 heteroatoms. The van der Waals surface area contributed by atoms with Gasteiger partial charge < -0.3 is 14.8 Å². The van der Waals surface area contributed by atoms with Crippen LogP contribution in [0.3, 0.4) is 0 Å². The van der Waals surface area contributed by atoms with Gasteiger partial charge in [0.15, 0.2) is 5.96 Å². The van der Waals surface area contributed by atoms with E-state index in [0.717, 1.165) is 37.8 Å². The van der Waals surface area contributed by atoms with Crippen LogP contribution in [0.5, 0.6) is 0 Å². The van der Waals surface area contributed by atoms with E-state index in [1.54, 1.807) is 0 Å². The standard InChI is InChI=1S/C21H27N7/c1-22-21(28-10-8-18(16-28)19-12-25-26(2)15-19)24-13-20-23-9-11-27(20)14-17-6-4-3-5-7-17/h3-7,9,11-12,15,18H,8,10,13-14,16H2,1-2H3,(H,22,24). The topological polar surface area (TPSA) is 63.3 Å². The lowest BCUT2D eigenvalue weighted by Crippen LogP contribution is -2.40. The summed E-state index contributed by atoms with van der Waals surface area (Å²) in [4.78, 5) is 11.3. The highest BCUT2D eigenvalue weighted by atomic mass is 15.3. The summed E-state index contributed by atoms with van der Waals surface area (Å²) >= 11 is 0. The van der Waals surface area contributed by atoms with E-state index < -0.39 is 0 Å². The van der Waals surface area contributed by atoms with Crippen molar-refractivity contribution in [2.24, 2.45) is 12.0 Å². The summed E-state index contributed by atoms with van der Waals surface area (Å²) in [5.74, 6) is 2.45. The van der Waals surface area contributed by atoms with E-state index >= 15 is 0 Å². The first-order valence-electron chi connectivity index (χ1n) is 9.71. The van der Waals surface area contributed by atoms with Gasteiger partial charge in [0, 0.05) is 58.2 Å². The third-order valence-electron chi connectivity index (χ3n) is 5.30. The average molecular weight is 377 g/mol. The maximum atomic E-state index is 4.53. The maximum absolute atomic E-state index is 4.53. The zero-order valence-electron chi connectivity index (χ0n) is 16.5. The fourth-order valence-corrected chi connectivity index (χ4v) is 3.80. The van der Waals surface area contributed by atoms with Crippen molar-refractivity contribution in [2.45, 2.75) is 25.4 Å². The Labute approximate surface area is 165 Å². The summed E-state index contributed by atoms with van der Waals surface area (Å²) in [6, 6.07) is 10.5. The molecule has 3 aromatic rings. The largest absolute Gasteiger partial charge is 0.349 e. The fourth-order valence-electron chi connectivity index (χ4n) is 3.80. The first-order chi connectivity index (χ1) is 13.7. The lowest BCUT2D eigenvalue weighted by Gasteiger charge is -2.21. The lowest BCUT2D eigenvalue weighted by molar-refractivity contribution is 0.483. The van der Waals surface area contributed by atoms with E-state index in [1.165, 1.54) is 11.1 Å². The fraction of sp³-hybridized carbons (Fsp3) is 0.381. The van der Waals surface area contributed by atoms with E-state index in [0.29, 0.717) is 12.5 Å². The second-order valence-corrected chi connectivity index (χ2v) is 7.24.